The highest BCUT2D eigenvalue weighted by Crippen LogP contribution is 2.28. The fourth-order valence-electron chi connectivity index (χ4n) is 1.43. The Labute approximate surface area is 124 Å². The maximum atomic E-state index is 5.53. The molecule has 0 aliphatic rings. The lowest BCUT2D eigenvalue weighted by Crippen LogP contribution is -2.12. The molecule has 19 heavy (non-hydrogen) atoms. The van der Waals surface area contributed by atoms with Crippen molar-refractivity contribution in [1.29, 1.82) is 0 Å². The van der Waals surface area contributed by atoms with Gasteiger partial charge in [-0.05, 0) is 40.2 Å². The van der Waals surface area contributed by atoms with Crippen LogP contribution < -0.4 is 15.8 Å². The van der Waals surface area contributed by atoms with Gasteiger partial charge < -0.3 is 15.8 Å². The van der Waals surface area contributed by atoms with Crippen LogP contribution in [0.15, 0.2) is 34.9 Å². The van der Waals surface area contributed by atoms with Crippen LogP contribution in [0.3, 0.4) is 0 Å². The van der Waals surface area contributed by atoms with Gasteiger partial charge in [-0.3, -0.25) is 0 Å². The summed E-state index contributed by atoms with van der Waals surface area (Å²) < 4.78 is 6.00. The summed E-state index contributed by atoms with van der Waals surface area (Å²) in [5.74, 6) is 1.19. The SMILES string of the molecule is COc1ccc(Nc2nccc(C(N)=S)n2)cc1Br. The maximum Gasteiger partial charge on any atom is 0.227 e. The van der Waals surface area contributed by atoms with Gasteiger partial charge in [0.05, 0.1) is 11.6 Å². The molecule has 0 atom stereocenters. The second-order valence-electron chi connectivity index (χ2n) is 3.60. The molecule has 98 valence electrons. The van der Waals surface area contributed by atoms with Gasteiger partial charge in [0.2, 0.25) is 5.95 Å². The molecule has 1 aromatic carbocycles. The van der Waals surface area contributed by atoms with Crippen molar-refractivity contribution in [1.82, 2.24) is 9.97 Å². The van der Waals surface area contributed by atoms with Crippen LogP contribution in [0.4, 0.5) is 11.6 Å². The van der Waals surface area contributed by atoms with Crippen molar-refractivity contribution in [2.45, 2.75) is 0 Å². The number of nitrogens with one attached hydrogen (secondary N) is 1. The van der Waals surface area contributed by atoms with E-state index in [2.05, 4.69) is 31.2 Å². The zero-order chi connectivity index (χ0) is 13.8. The van der Waals surface area contributed by atoms with Crippen molar-refractivity contribution in [2.24, 2.45) is 5.73 Å². The number of ether oxygens (including phenoxy) is 1. The van der Waals surface area contributed by atoms with E-state index in [9.17, 15) is 0 Å². The van der Waals surface area contributed by atoms with Crippen molar-refractivity contribution in [3.05, 3.63) is 40.6 Å². The van der Waals surface area contributed by atoms with Crippen molar-refractivity contribution >= 4 is 44.8 Å². The van der Waals surface area contributed by atoms with Gasteiger partial charge in [0.25, 0.3) is 0 Å². The van der Waals surface area contributed by atoms with Gasteiger partial charge in [-0.2, -0.15) is 0 Å². The average Bonchev–Trinajstić information content (AvgIpc) is 2.39. The monoisotopic (exact) mass is 338 g/mol. The molecule has 0 saturated heterocycles. The summed E-state index contributed by atoms with van der Waals surface area (Å²) in [7, 11) is 1.61. The molecule has 1 aromatic heterocycles. The lowest BCUT2D eigenvalue weighted by atomic mass is 10.3. The first kappa shape index (κ1) is 13.7. The molecule has 3 N–H and O–H groups in total. The molecule has 0 aliphatic heterocycles. The minimum atomic E-state index is 0.237. The number of halogens is 1. The Morgan fingerprint density at radius 2 is 2.21 bits per heavy atom. The molecular formula is C12H11BrN4OS. The summed E-state index contributed by atoms with van der Waals surface area (Å²) in [6.45, 7) is 0. The number of hydrogen-bond donors (Lipinski definition) is 2. The van der Waals surface area contributed by atoms with E-state index in [1.165, 1.54) is 0 Å². The van der Waals surface area contributed by atoms with Crippen LogP contribution in [0, 0.1) is 0 Å². The Kier molecular flexibility index (Phi) is 4.28. The van der Waals surface area contributed by atoms with Gasteiger partial charge >= 0.3 is 0 Å². The predicted octanol–water partition coefficient (Wildman–Crippen LogP) is 2.63. The van der Waals surface area contributed by atoms with Gasteiger partial charge in [0.1, 0.15) is 16.4 Å². The second-order valence-corrected chi connectivity index (χ2v) is 4.90. The zero-order valence-electron chi connectivity index (χ0n) is 10.1. The van der Waals surface area contributed by atoms with Crippen LogP contribution >= 0.6 is 28.1 Å². The average molecular weight is 339 g/mol. The third-order valence-corrected chi connectivity index (χ3v) is 3.14. The molecule has 0 radical (unpaired) electrons. The van der Waals surface area contributed by atoms with Crippen LogP contribution in [0.1, 0.15) is 5.69 Å². The molecule has 0 fully saturated rings. The van der Waals surface area contributed by atoms with E-state index in [1.54, 1.807) is 19.4 Å². The minimum absolute atomic E-state index is 0.237. The van der Waals surface area contributed by atoms with Crippen LogP contribution in [0.25, 0.3) is 0 Å². The number of nitrogens with two attached hydrogens (primary N) is 1. The van der Waals surface area contributed by atoms with E-state index in [-0.39, 0.29) is 4.99 Å². The highest BCUT2D eigenvalue weighted by molar-refractivity contribution is 9.10. The summed E-state index contributed by atoms with van der Waals surface area (Å²) in [6, 6.07) is 7.23. The van der Waals surface area contributed by atoms with Crippen LogP contribution in [0.2, 0.25) is 0 Å². The number of methoxy groups -OCH3 is 1. The standard InChI is InChI=1S/C12H11BrN4OS/c1-18-10-3-2-7(6-8(10)13)16-12-15-5-4-9(17-12)11(14)19/h2-6H,1H3,(H2,14,19)(H,15,16,17). The molecule has 0 aliphatic carbocycles. The number of rotatable bonds is 4. The first-order valence-corrected chi connectivity index (χ1v) is 6.53. The number of hydrogen-bond acceptors (Lipinski definition) is 5. The topological polar surface area (TPSA) is 73.1 Å². The summed E-state index contributed by atoms with van der Waals surface area (Å²) in [6.07, 6.45) is 1.60. The Morgan fingerprint density at radius 3 is 2.84 bits per heavy atom. The highest BCUT2D eigenvalue weighted by Gasteiger charge is 2.04. The van der Waals surface area contributed by atoms with Crippen LogP contribution in [0.5, 0.6) is 5.75 Å². The lowest BCUT2D eigenvalue weighted by Gasteiger charge is -2.08. The lowest BCUT2D eigenvalue weighted by molar-refractivity contribution is 0.412. The van der Waals surface area contributed by atoms with Gasteiger partial charge in [-0.15, -0.1) is 0 Å². The van der Waals surface area contributed by atoms with Crippen molar-refractivity contribution < 1.29 is 4.74 Å². The molecule has 0 unspecified atom stereocenters. The molecule has 5 nitrogen and oxygen atoms in total. The number of aromatic nitrogens is 2. The van der Waals surface area contributed by atoms with Crippen LogP contribution in [-0.2, 0) is 0 Å². The number of thiocarbonyl (C=S) groups is 1. The summed E-state index contributed by atoms with van der Waals surface area (Å²) in [4.78, 5) is 8.55. The predicted molar refractivity (Wildman–Crippen MR) is 81.9 cm³/mol. The number of nitrogens with zero attached hydrogens (tertiary/aromatic N) is 2. The summed E-state index contributed by atoms with van der Waals surface area (Å²) in [5.41, 5.74) is 6.88. The Balaban J connectivity index is 2.23. The summed E-state index contributed by atoms with van der Waals surface area (Å²) >= 11 is 8.29. The molecule has 0 amide bonds. The van der Waals surface area contributed by atoms with Gasteiger partial charge in [-0.25, -0.2) is 9.97 Å². The Bertz CT molecular complexity index is 620. The van der Waals surface area contributed by atoms with Gasteiger partial charge in [0, 0.05) is 11.9 Å². The van der Waals surface area contributed by atoms with Gasteiger partial charge in [0.15, 0.2) is 0 Å². The second kappa shape index (κ2) is 5.94. The first-order chi connectivity index (χ1) is 9.10. The van der Waals surface area contributed by atoms with E-state index < -0.39 is 0 Å². The molecule has 0 spiro atoms. The first-order valence-electron chi connectivity index (χ1n) is 5.33. The molecule has 2 rings (SSSR count). The van der Waals surface area contributed by atoms with E-state index in [0.717, 1.165) is 15.9 Å². The highest BCUT2D eigenvalue weighted by atomic mass is 79.9. The Morgan fingerprint density at radius 1 is 1.42 bits per heavy atom. The van der Waals surface area contributed by atoms with E-state index >= 15 is 0 Å². The third kappa shape index (κ3) is 3.39. The Hall–Kier alpha value is -1.73. The normalized spacial score (nSPS) is 10.0. The van der Waals surface area contributed by atoms with Crippen molar-refractivity contribution in [3.8, 4) is 5.75 Å². The maximum absolute atomic E-state index is 5.53. The number of benzene rings is 1. The minimum Gasteiger partial charge on any atom is -0.496 e. The zero-order valence-corrected chi connectivity index (χ0v) is 12.5. The molecule has 0 saturated carbocycles. The number of anilines is 2. The van der Waals surface area contributed by atoms with Gasteiger partial charge in [-0.1, -0.05) is 12.2 Å². The fourth-order valence-corrected chi connectivity index (χ4v) is 2.08. The molecule has 2 aromatic rings. The smallest absolute Gasteiger partial charge is 0.227 e. The molecule has 7 heteroatoms. The molecule has 1 heterocycles. The van der Waals surface area contributed by atoms with Crippen LogP contribution in [-0.4, -0.2) is 22.1 Å². The largest absolute Gasteiger partial charge is 0.496 e. The van der Waals surface area contributed by atoms with E-state index in [0.29, 0.717) is 11.6 Å². The fraction of sp³-hybridized carbons (Fsp3) is 0.0833. The van der Waals surface area contributed by atoms with Crippen molar-refractivity contribution in [3.63, 3.8) is 0 Å². The summed E-state index contributed by atoms with van der Waals surface area (Å²) in [5, 5.41) is 3.07. The quantitative estimate of drug-likeness (QED) is 0.835. The molecular weight excluding hydrogens is 328 g/mol. The molecule has 0 bridgehead atoms. The third-order valence-electron chi connectivity index (χ3n) is 2.32. The van der Waals surface area contributed by atoms with Crippen molar-refractivity contribution in [2.75, 3.05) is 12.4 Å². The van der Waals surface area contributed by atoms with E-state index in [4.69, 9.17) is 22.7 Å². The van der Waals surface area contributed by atoms with E-state index in [1.807, 2.05) is 18.2 Å².